The van der Waals surface area contributed by atoms with Gasteiger partial charge in [-0.15, -0.1) is 5.48 Å². The van der Waals surface area contributed by atoms with Crippen molar-refractivity contribution >= 4 is 5.97 Å². The first kappa shape index (κ1) is 15.7. The van der Waals surface area contributed by atoms with Crippen LogP contribution in [-0.2, 0) is 4.84 Å². The molecule has 0 radical (unpaired) electrons. The molecule has 1 aromatic rings. The van der Waals surface area contributed by atoms with Crippen LogP contribution < -0.4 is 5.48 Å². The molecule has 0 fully saturated rings. The van der Waals surface area contributed by atoms with E-state index in [1.54, 1.807) is 6.07 Å². The van der Waals surface area contributed by atoms with E-state index < -0.39 is 0 Å². The van der Waals surface area contributed by atoms with Crippen molar-refractivity contribution < 1.29 is 9.63 Å². The van der Waals surface area contributed by atoms with Crippen LogP contribution in [0.1, 0.15) is 61.9 Å². The second-order valence-electron chi connectivity index (χ2n) is 4.92. The summed E-state index contributed by atoms with van der Waals surface area (Å²) in [6.45, 7) is 6.20. The molecule has 0 aromatic heterocycles. The summed E-state index contributed by atoms with van der Waals surface area (Å²) in [7, 11) is 0. The molecular weight excluding hydrogens is 238 g/mol. The fourth-order valence-corrected chi connectivity index (χ4v) is 1.98. The number of hydrogen-bond acceptors (Lipinski definition) is 3. The Morgan fingerprint density at radius 2 is 2.00 bits per heavy atom. The zero-order chi connectivity index (χ0) is 14.1. The highest BCUT2D eigenvalue weighted by molar-refractivity contribution is 5.90. The van der Waals surface area contributed by atoms with Gasteiger partial charge in [-0.25, -0.2) is 4.79 Å². The Bertz CT molecular complexity index is 390. The Morgan fingerprint density at radius 1 is 1.26 bits per heavy atom. The summed E-state index contributed by atoms with van der Waals surface area (Å²) in [6.07, 6.45) is 5.61. The SMILES string of the molecule is CCCCCC(CC)NOC(=O)c1ccccc1C. The number of unbranched alkanes of at least 4 members (excludes halogenated alkanes) is 2. The highest BCUT2D eigenvalue weighted by Gasteiger charge is 2.12. The second kappa shape index (κ2) is 8.70. The van der Waals surface area contributed by atoms with E-state index in [2.05, 4.69) is 19.3 Å². The zero-order valence-electron chi connectivity index (χ0n) is 12.2. The molecule has 0 saturated heterocycles. The lowest BCUT2D eigenvalue weighted by Crippen LogP contribution is -2.31. The fraction of sp³-hybridized carbons (Fsp3) is 0.562. The van der Waals surface area contributed by atoms with Crippen LogP contribution in [0.5, 0.6) is 0 Å². The normalized spacial score (nSPS) is 12.2. The monoisotopic (exact) mass is 263 g/mol. The van der Waals surface area contributed by atoms with Gasteiger partial charge in [0.1, 0.15) is 0 Å². The Hall–Kier alpha value is -1.35. The van der Waals surface area contributed by atoms with Crippen molar-refractivity contribution in [2.45, 2.75) is 58.9 Å². The quantitative estimate of drug-likeness (QED) is 0.569. The van der Waals surface area contributed by atoms with Crippen molar-refractivity contribution in [2.24, 2.45) is 0 Å². The highest BCUT2D eigenvalue weighted by atomic mass is 16.7. The number of benzene rings is 1. The lowest BCUT2D eigenvalue weighted by Gasteiger charge is -2.16. The van der Waals surface area contributed by atoms with Gasteiger partial charge in [-0.05, 0) is 31.4 Å². The number of rotatable bonds is 8. The minimum absolute atomic E-state index is 0.250. The first-order chi connectivity index (χ1) is 9.19. The maximum absolute atomic E-state index is 11.9. The van der Waals surface area contributed by atoms with Crippen LogP contribution in [0.15, 0.2) is 24.3 Å². The van der Waals surface area contributed by atoms with E-state index in [9.17, 15) is 4.79 Å². The van der Waals surface area contributed by atoms with Gasteiger partial charge in [0.15, 0.2) is 0 Å². The van der Waals surface area contributed by atoms with E-state index in [4.69, 9.17) is 4.84 Å². The van der Waals surface area contributed by atoms with E-state index in [-0.39, 0.29) is 12.0 Å². The van der Waals surface area contributed by atoms with Crippen LogP contribution in [0.4, 0.5) is 0 Å². The number of hydroxylamine groups is 1. The third kappa shape index (κ3) is 5.43. The number of nitrogens with one attached hydrogen (secondary N) is 1. The molecule has 3 nitrogen and oxygen atoms in total. The zero-order valence-corrected chi connectivity index (χ0v) is 12.2. The summed E-state index contributed by atoms with van der Waals surface area (Å²) in [6, 6.07) is 7.72. The number of aryl methyl sites for hydroxylation is 1. The molecule has 0 aliphatic rings. The van der Waals surface area contributed by atoms with Crippen LogP contribution in [0.3, 0.4) is 0 Å². The molecule has 106 valence electrons. The van der Waals surface area contributed by atoms with Crippen molar-refractivity contribution in [1.82, 2.24) is 5.48 Å². The molecule has 0 aliphatic heterocycles. The largest absolute Gasteiger partial charge is 0.366 e. The van der Waals surface area contributed by atoms with Gasteiger partial charge in [0.25, 0.3) is 0 Å². The lowest BCUT2D eigenvalue weighted by atomic mass is 10.1. The maximum Gasteiger partial charge on any atom is 0.357 e. The predicted octanol–water partition coefficient (Wildman–Crippen LogP) is 4.02. The molecular formula is C16H25NO2. The summed E-state index contributed by atoms with van der Waals surface area (Å²) in [4.78, 5) is 17.1. The first-order valence-electron chi connectivity index (χ1n) is 7.21. The topological polar surface area (TPSA) is 38.3 Å². The summed E-state index contributed by atoms with van der Waals surface area (Å²) < 4.78 is 0. The summed E-state index contributed by atoms with van der Waals surface area (Å²) in [5.74, 6) is -0.299. The molecule has 1 unspecified atom stereocenters. The summed E-state index contributed by atoms with van der Waals surface area (Å²) in [5, 5.41) is 0. The molecule has 0 bridgehead atoms. The third-order valence-corrected chi connectivity index (χ3v) is 3.33. The molecule has 0 saturated carbocycles. The molecule has 19 heavy (non-hydrogen) atoms. The number of carbonyl (C=O) groups is 1. The van der Waals surface area contributed by atoms with Crippen molar-refractivity contribution in [1.29, 1.82) is 0 Å². The Labute approximate surface area is 116 Å². The minimum atomic E-state index is -0.299. The summed E-state index contributed by atoms with van der Waals surface area (Å²) in [5.41, 5.74) is 4.47. The maximum atomic E-state index is 11.9. The van der Waals surface area contributed by atoms with E-state index in [1.807, 2.05) is 25.1 Å². The second-order valence-corrected chi connectivity index (χ2v) is 4.92. The van der Waals surface area contributed by atoms with Gasteiger partial charge in [-0.2, -0.15) is 0 Å². The van der Waals surface area contributed by atoms with Gasteiger partial charge in [0.2, 0.25) is 0 Å². The molecule has 0 spiro atoms. The van der Waals surface area contributed by atoms with Crippen LogP contribution in [-0.4, -0.2) is 12.0 Å². The van der Waals surface area contributed by atoms with Gasteiger partial charge < -0.3 is 4.84 Å². The van der Waals surface area contributed by atoms with Crippen LogP contribution >= 0.6 is 0 Å². The van der Waals surface area contributed by atoms with Gasteiger partial charge in [0, 0.05) is 6.04 Å². The average Bonchev–Trinajstić information content (AvgIpc) is 2.43. The van der Waals surface area contributed by atoms with E-state index in [1.165, 1.54) is 19.3 Å². The molecule has 0 heterocycles. The van der Waals surface area contributed by atoms with E-state index in [0.717, 1.165) is 18.4 Å². The Balaban J connectivity index is 2.42. The van der Waals surface area contributed by atoms with Crippen molar-refractivity contribution in [3.8, 4) is 0 Å². The lowest BCUT2D eigenvalue weighted by molar-refractivity contribution is 0.0137. The molecule has 3 heteroatoms. The molecule has 0 amide bonds. The number of hydrogen-bond donors (Lipinski definition) is 1. The van der Waals surface area contributed by atoms with Crippen LogP contribution in [0.25, 0.3) is 0 Å². The molecule has 1 rings (SSSR count). The standard InChI is InChI=1S/C16H25NO2/c1-4-6-7-11-14(5-2)17-19-16(18)15-12-9-8-10-13(15)3/h8-10,12,14,17H,4-7,11H2,1-3H3. The van der Waals surface area contributed by atoms with Gasteiger partial charge in [0.05, 0.1) is 5.56 Å². The van der Waals surface area contributed by atoms with Crippen molar-refractivity contribution in [3.63, 3.8) is 0 Å². The first-order valence-corrected chi connectivity index (χ1v) is 7.21. The average molecular weight is 263 g/mol. The fourth-order valence-electron chi connectivity index (χ4n) is 1.98. The van der Waals surface area contributed by atoms with E-state index >= 15 is 0 Å². The molecule has 1 N–H and O–H groups in total. The molecule has 1 aromatic carbocycles. The predicted molar refractivity (Wildman–Crippen MR) is 78.0 cm³/mol. The third-order valence-electron chi connectivity index (χ3n) is 3.33. The highest BCUT2D eigenvalue weighted by Crippen LogP contribution is 2.10. The van der Waals surface area contributed by atoms with Gasteiger partial charge >= 0.3 is 5.97 Å². The van der Waals surface area contributed by atoms with Gasteiger partial charge in [-0.3, -0.25) is 0 Å². The molecule has 0 aliphatic carbocycles. The van der Waals surface area contributed by atoms with Crippen molar-refractivity contribution in [2.75, 3.05) is 0 Å². The van der Waals surface area contributed by atoms with Crippen molar-refractivity contribution in [3.05, 3.63) is 35.4 Å². The Morgan fingerprint density at radius 3 is 2.63 bits per heavy atom. The number of carbonyl (C=O) groups excluding carboxylic acids is 1. The molecule has 1 atom stereocenters. The van der Waals surface area contributed by atoms with Gasteiger partial charge in [-0.1, -0.05) is 51.3 Å². The minimum Gasteiger partial charge on any atom is -0.366 e. The smallest absolute Gasteiger partial charge is 0.357 e. The van der Waals surface area contributed by atoms with Crippen LogP contribution in [0, 0.1) is 6.92 Å². The Kier molecular flexibility index (Phi) is 7.19. The van der Waals surface area contributed by atoms with Crippen LogP contribution in [0.2, 0.25) is 0 Å². The van der Waals surface area contributed by atoms with E-state index in [0.29, 0.717) is 5.56 Å². The summed E-state index contributed by atoms with van der Waals surface area (Å²) >= 11 is 0.